The summed E-state index contributed by atoms with van der Waals surface area (Å²) in [5.74, 6) is -0.0744. The Bertz CT molecular complexity index is 509. The van der Waals surface area contributed by atoms with Gasteiger partial charge in [-0.2, -0.15) is 0 Å². The molecule has 1 aromatic heterocycles. The molecule has 9 nitrogen and oxygen atoms in total. The van der Waals surface area contributed by atoms with Gasteiger partial charge in [-0.3, -0.25) is 10.1 Å². The zero-order valence-corrected chi connectivity index (χ0v) is 9.16. The predicted octanol–water partition coefficient (Wildman–Crippen LogP) is 0.349. The monoisotopic (exact) mass is 254 g/mol. The van der Waals surface area contributed by atoms with Gasteiger partial charge in [0, 0.05) is 6.42 Å². The number of nitrogens with two attached hydrogens (primary N) is 1. The van der Waals surface area contributed by atoms with Crippen LogP contribution in [0, 0.1) is 10.1 Å². The SMILES string of the molecule is NC(=O)NCC1CC(c2ccc([N+](=O)[O-])o2)=NO1. The average molecular weight is 254 g/mol. The van der Waals surface area contributed by atoms with Crippen LogP contribution in [0.3, 0.4) is 0 Å². The highest BCUT2D eigenvalue weighted by molar-refractivity contribution is 5.99. The second kappa shape index (κ2) is 4.73. The molecule has 2 amide bonds. The van der Waals surface area contributed by atoms with E-state index in [1.54, 1.807) is 0 Å². The van der Waals surface area contributed by atoms with Crippen LogP contribution in [0.25, 0.3) is 0 Å². The summed E-state index contributed by atoms with van der Waals surface area (Å²) < 4.78 is 4.98. The third kappa shape index (κ3) is 2.56. The van der Waals surface area contributed by atoms with Crippen LogP contribution in [0.1, 0.15) is 12.2 Å². The summed E-state index contributed by atoms with van der Waals surface area (Å²) in [6.07, 6.45) is 0.0296. The first kappa shape index (κ1) is 11.9. The summed E-state index contributed by atoms with van der Waals surface area (Å²) in [5.41, 5.74) is 5.37. The molecule has 2 heterocycles. The fraction of sp³-hybridized carbons (Fsp3) is 0.333. The maximum atomic E-state index is 10.5. The number of primary amides is 1. The number of carbonyl (C=O) groups excluding carboxylic acids is 1. The highest BCUT2D eigenvalue weighted by atomic mass is 16.7. The Kier molecular flexibility index (Phi) is 3.13. The van der Waals surface area contributed by atoms with E-state index in [-0.39, 0.29) is 24.3 Å². The topological polar surface area (TPSA) is 133 Å². The zero-order valence-electron chi connectivity index (χ0n) is 9.16. The third-order valence-electron chi connectivity index (χ3n) is 2.29. The fourth-order valence-electron chi connectivity index (χ4n) is 1.48. The Morgan fingerprint density at radius 3 is 3.06 bits per heavy atom. The number of hydrogen-bond acceptors (Lipinski definition) is 6. The number of nitrogens with one attached hydrogen (secondary N) is 1. The maximum absolute atomic E-state index is 10.5. The lowest BCUT2D eigenvalue weighted by molar-refractivity contribution is -0.402. The van der Waals surface area contributed by atoms with E-state index in [0.717, 1.165) is 0 Å². The van der Waals surface area contributed by atoms with Gasteiger partial charge in [0.05, 0.1) is 12.6 Å². The van der Waals surface area contributed by atoms with E-state index < -0.39 is 11.0 Å². The second-order valence-corrected chi connectivity index (χ2v) is 3.61. The number of nitro groups is 1. The van der Waals surface area contributed by atoms with Gasteiger partial charge in [-0.1, -0.05) is 5.16 Å². The number of oxime groups is 1. The van der Waals surface area contributed by atoms with Crippen molar-refractivity contribution < 1.29 is 19.0 Å². The number of amides is 2. The predicted molar refractivity (Wildman–Crippen MR) is 59.0 cm³/mol. The van der Waals surface area contributed by atoms with Gasteiger partial charge in [-0.15, -0.1) is 0 Å². The molecular formula is C9H10N4O5. The standard InChI is InChI=1S/C9H10N4O5/c10-9(14)11-4-5-3-6(12-18-5)7-1-2-8(17-7)13(15)16/h1-2,5H,3-4H2,(H3,10,11,14). The van der Waals surface area contributed by atoms with E-state index >= 15 is 0 Å². The van der Waals surface area contributed by atoms with Crippen molar-refractivity contribution in [3.63, 3.8) is 0 Å². The van der Waals surface area contributed by atoms with Crippen molar-refractivity contribution in [3.8, 4) is 0 Å². The van der Waals surface area contributed by atoms with Crippen LogP contribution in [0.4, 0.5) is 10.7 Å². The molecule has 0 fully saturated rings. The van der Waals surface area contributed by atoms with Crippen molar-refractivity contribution in [1.29, 1.82) is 0 Å². The molecule has 1 aliphatic rings. The number of furan rings is 1. The summed E-state index contributed by atoms with van der Waals surface area (Å²) in [6.45, 7) is 0.213. The van der Waals surface area contributed by atoms with E-state index in [1.807, 2.05) is 0 Å². The quantitative estimate of drug-likeness (QED) is 0.590. The molecule has 96 valence electrons. The fourth-order valence-corrected chi connectivity index (χ4v) is 1.48. The van der Waals surface area contributed by atoms with Crippen LogP contribution in [-0.2, 0) is 4.84 Å². The van der Waals surface area contributed by atoms with Gasteiger partial charge in [-0.25, -0.2) is 4.79 Å². The van der Waals surface area contributed by atoms with E-state index in [2.05, 4.69) is 10.5 Å². The second-order valence-electron chi connectivity index (χ2n) is 3.61. The largest absolute Gasteiger partial charge is 0.433 e. The van der Waals surface area contributed by atoms with Crippen LogP contribution in [0.2, 0.25) is 0 Å². The molecule has 3 N–H and O–H groups in total. The van der Waals surface area contributed by atoms with Crippen molar-refractivity contribution in [2.45, 2.75) is 12.5 Å². The number of nitrogens with zero attached hydrogens (tertiary/aromatic N) is 2. The summed E-state index contributed by atoms with van der Waals surface area (Å²) in [7, 11) is 0. The van der Waals surface area contributed by atoms with Gasteiger partial charge < -0.3 is 20.3 Å². The molecule has 0 radical (unpaired) electrons. The highest BCUT2D eigenvalue weighted by Crippen LogP contribution is 2.21. The van der Waals surface area contributed by atoms with Crippen LogP contribution in [0.15, 0.2) is 21.7 Å². The van der Waals surface area contributed by atoms with E-state index in [1.165, 1.54) is 12.1 Å². The van der Waals surface area contributed by atoms with Gasteiger partial charge in [0.25, 0.3) is 0 Å². The molecule has 1 aliphatic heterocycles. The lowest BCUT2D eigenvalue weighted by Gasteiger charge is -2.06. The van der Waals surface area contributed by atoms with E-state index in [0.29, 0.717) is 12.1 Å². The summed E-state index contributed by atoms with van der Waals surface area (Å²) in [5, 5.41) is 16.6. The molecule has 0 aliphatic carbocycles. The van der Waals surface area contributed by atoms with Crippen molar-refractivity contribution in [3.05, 3.63) is 28.0 Å². The van der Waals surface area contributed by atoms with Gasteiger partial charge >= 0.3 is 11.9 Å². The Morgan fingerprint density at radius 1 is 1.67 bits per heavy atom. The molecule has 18 heavy (non-hydrogen) atoms. The smallest absolute Gasteiger partial charge is 0.399 e. The van der Waals surface area contributed by atoms with Gasteiger partial charge in [0.2, 0.25) is 0 Å². The van der Waals surface area contributed by atoms with Crippen molar-refractivity contribution in [2.75, 3.05) is 6.54 Å². The van der Waals surface area contributed by atoms with E-state index in [4.69, 9.17) is 15.0 Å². The highest BCUT2D eigenvalue weighted by Gasteiger charge is 2.26. The summed E-state index contributed by atoms with van der Waals surface area (Å²) in [6, 6.07) is 2.04. The molecule has 0 saturated heterocycles. The van der Waals surface area contributed by atoms with Gasteiger partial charge in [0.15, 0.2) is 11.9 Å². The molecule has 9 heteroatoms. The number of hydrogen-bond donors (Lipinski definition) is 2. The Hall–Kier alpha value is -2.58. The molecule has 1 atom stereocenters. The molecule has 0 aromatic carbocycles. The van der Waals surface area contributed by atoms with Crippen molar-refractivity contribution in [2.24, 2.45) is 10.9 Å². The molecule has 2 rings (SSSR count). The van der Waals surface area contributed by atoms with Gasteiger partial charge in [0.1, 0.15) is 10.6 Å². The maximum Gasteiger partial charge on any atom is 0.433 e. The first-order valence-corrected chi connectivity index (χ1v) is 5.07. The molecule has 0 spiro atoms. The average Bonchev–Trinajstić information content (AvgIpc) is 2.95. The molecule has 1 unspecified atom stereocenters. The summed E-state index contributed by atoms with van der Waals surface area (Å²) >= 11 is 0. The lowest BCUT2D eigenvalue weighted by Crippen LogP contribution is -2.35. The minimum atomic E-state index is -0.652. The number of urea groups is 1. The van der Waals surface area contributed by atoms with Crippen LogP contribution in [0.5, 0.6) is 0 Å². The Morgan fingerprint density at radius 2 is 2.44 bits per heavy atom. The Balaban J connectivity index is 1.95. The molecule has 0 bridgehead atoms. The van der Waals surface area contributed by atoms with Crippen LogP contribution >= 0.6 is 0 Å². The normalized spacial score (nSPS) is 18.0. The zero-order chi connectivity index (χ0) is 13.1. The van der Waals surface area contributed by atoms with Crippen LogP contribution in [-0.4, -0.2) is 29.3 Å². The number of rotatable bonds is 4. The number of carbonyl (C=O) groups is 1. The Labute approximate surface area is 101 Å². The van der Waals surface area contributed by atoms with Crippen LogP contribution < -0.4 is 11.1 Å². The van der Waals surface area contributed by atoms with Gasteiger partial charge in [-0.05, 0) is 6.07 Å². The first-order chi connectivity index (χ1) is 8.56. The van der Waals surface area contributed by atoms with Crippen molar-refractivity contribution >= 4 is 17.6 Å². The van der Waals surface area contributed by atoms with E-state index in [9.17, 15) is 14.9 Å². The van der Waals surface area contributed by atoms with Crippen molar-refractivity contribution in [1.82, 2.24) is 5.32 Å². The molecule has 0 saturated carbocycles. The molecular weight excluding hydrogens is 244 g/mol. The summed E-state index contributed by atoms with van der Waals surface area (Å²) in [4.78, 5) is 25.4. The lowest BCUT2D eigenvalue weighted by atomic mass is 10.1. The minimum Gasteiger partial charge on any atom is -0.399 e. The minimum absolute atomic E-state index is 0.213. The molecule has 1 aromatic rings. The third-order valence-corrected chi connectivity index (χ3v) is 2.29. The first-order valence-electron chi connectivity index (χ1n) is 5.07.